The van der Waals surface area contributed by atoms with Gasteiger partial charge in [-0.1, -0.05) is 12.1 Å². The Morgan fingerprint density at radius 2 is 1.81 bits per heavy atom. The van der Waals surface area contributed by atoms with Crippen LogP contribution in [-0.2, 0) is 9.53 Å². The SMILES string of the molecule is CC(=O)N1c2ccc(-c3ccc(C(=O)N4CCOCC4)nc3)cc2C(Nc2ccc(F)cn2)CC1C. The Labute approximate surface area is 209 Å². The zero-order valence-corrected chi connectivity index (χ0v) is 20.3. The lowest BCUT2D eigenvalue weighted by molar-refractivity contribution is -0.117. The summed E-state index contributed by atoms with van der Waals surface area (Å²) in [4.78, 5) is 37.3. The molecule has 186 valence electrons. The third-order valence-electron chi connectivity index (χ3n) is 6.68. The van der Waals surface area contributed by atoms with Gasteiger partial charge in [0.05, 0.1) is 25.5 Å². The molecule has 2 unspecified atom stereocenters. The van der Waals surface area contributed by atoms with Crippen LogP contribution < -0.4 is 10.2 Å². The van der Waals surface area contributed by atoms with Crippen molar-refractivity contribution in [3.8, 4) is 11.1 Å². The van der Waals surface area contributed by atoms with Gasteiger partial charge in [0.15, 0.2) is 0 Å². The molecule has 0 saturated carbocycles. The van der Waals surface area contributed by atoms with E-state index in [2.05, 4.69) is 15.3 Å². The van der Waals surface area contributed by atoms with E-state index in [-0.39, 0.29) is 23.9 Å². The number of halogens is 1. The molecule has 1 N–H and O–H groups in total. The number of pyridine rings is 2. The van der Waals surface area contributed by atoms with Crippen molar-refractivity contribution >= 4 is 23.3 Å². The summed E-state index contributed by atoms with van der Waals surface area (Å²) < 4.78 is 18.7. The topological polar surface area (TPSA) is 87.7 Å². The van der Waals surface area contributed by atoms with Gasteiger partial charge in [0.2, 0.25) is 5.91 Å². The summed E-state index contributed by atoms with van der Waals surface area (Å²) >= 11 is 0. The highest BCUT2D eigenvalue weighted by Crippen LogP contribution is 2.41. The molecule has 2 atom stereocenters. The third-order valence-corrected chi connectivity index (χ3v) is 6.68. The lowest BCUT2D eigenvalue weighted by atomic mass is 9.89. The number of carbonyl (C=O) groups excluding carboxylic acids is 2. The van der Waals surface area contributed by atoms with Crippen LogP contribution in [0.1, 0.15) is 42.4 Å². The van der Waals surface area contributed by atoms with Crippen LogP contribution in [-0.4, -0.2) is 59.0 Å². The molecule has 2 aliphatic heterocycles. The van der Waals surface area contributed by atoms with Crippen molar-refractivity contribution in [2.24, 2.45) is 0 Å². The molecule has 3 aromatic rings. The first-order chi connectivity index (χ1) is 17.4. The summed E-state index contributed by atoms with van der Waals surface area (Å²) in [5, 5.41) is 3.40. The number of rotatable bonds is 4. The van der Waals surface area contributed by atoms with Crippen molar-refractivity contribution < 1.29 is 18.7 Å². The Morgan fingerprint density at radius 3 is 2.47 bits per heavy atom. The van der Waals surface area contributed by atoms with Crippen LogP contribution in [0.5, 0.6) is 0 Å². The average Bonchev–Trinajstić information content (AvgIpc) is 2.90. The van der Waals surface area contributed by atoms with Gasteiger partial charge in [0.1, 0.15) is 17.3 Å². The normalized spacial score (nSPS) is 19.5. The number of carbonyl (C=O) groups is 2. The van der Waals surface area contributed by atoms with Crippen molar-refractivity contribution in [2.45, 2.75) is 32.4 Å². The number of benzene rings is 1. The van der Waals surface area contributed by atoms with E-state index in [1.54, 1.807) is 35.1 Å². The predicted molar refractivity (Wildman–Crippen MR) is 134 cm³/mol. The summed E-state index contributed by atoms with van der Waals surface area (Å²) in [6, 6.07) is 12.4. The summed E-state index contributed by atoms with van der Waals surface area (Å²) in [5.74, 6) is 0.0415. The Balaban J connectivity index is 1.45. The molecule has 2 aromatic heterocycles. The molecular weight excluding hydrogens is 461 g/mol. The van der Waals surface area contributed by atoms with Crippen molar-refractivity contribution in [2.75, 3.05) is 36.5 Å². The Bertz CT molecular complexity index is 1260. The smallest absolute Gasteiger partial charge is 0.272 e. The van der Waals surface area contributed by atoms with Crippen molar-refractivity contribution in [1.29, 1.82) is 0 Å². The zero-order valence-electron chi connectivity index (χ0n) is 20.3. The van der Waals surface area contributed by atoms with E-state index in [9.17, 15) is 14.0 Å². The highest BCUT2D eigenvalue weighted by molar-refractivity contribution is 5.95. The second-order valence-corrected chi connectivity index (χ2v) is 9.14. The van der Waals surface area contributed by atoms with Crippen LogP contribution in [0, 0.1) is 5.82 Å². The number of hydrogen-bond donors (Lipinski definition) is 1. The second kappa shape index (κ2) is 10.0. The zero-order chi connectivity index (χ0) is 25.2. The number of ether oxygens (including phenoxy) is 1. The van der Waals surface area contributed by atoms with Gasteiger partial charge in [-0.05, 0) is 54.8 Å². The van der Waals surface area contributed by atoms with Crippen LogP contribution in [0.25, 0.3) is 11.1 Å². The number of amides is 2. The van der Waals surface area contributed by atoms with E-state index in [0.29, 0.717) is 44.2 Å². The minimum atomic E-state index is -0.397. The highest BCUT2D eigenvalue weighted by atomic mass is 19.1. The number of nitrogens with one attached hydrogen (secondary N) is 1. The molecule has 5 rings (SSSR count). The van der Waals surface area contributed by atoms with E-state index in [4.69, 9.17) is 4.74 Å². The van der Waals surface area contributed by atoms with Crippen molar-refractivity contribution in [3.63, 3.8) is 0 Å². The minimum Gasteiger partial charge on any atom is -0.378 e. The molecule has 0 radical (unpaired) electrons. The molecule has 2 aliphatic rings. The summed E-state index contributed by atoms with van der Waals surface area (Å²) in [6.45, 7) is 5.79. The number of aromatic nitrogens is 2. The van der Waals surface area contributed by atoms with Crippen LogP contribution in [0.4, 0.5) is 15.9 Å². The van der Waals surface area contributed by atoms with Crippen molar-refractivity contribution in [1.82, 2.24) is 14.9 Å². The van der Waals surface area contributed by atoms with Gasteiger partial charge in [0, 0.05) is 43.5 Å². The summed E-state index contributed by atoms with van der Waals surface area (Å²) in [6.07, 6.45) is 3.55. The molecule has 0 aliphatic carbocycles. The molecule has 4 heterocycles. The first kappa shape index (κ1) is 23.9. The van der Waals surface area contributed by atoms with Crippen molar-refractivity contribution in [3.05, 3.63) is 71.9 Å². The maximum Gasteiger partial charge on any atom is 0.272 e. The Kier molecular flexibility index (Phi) is 6.65. The average molecular weight is 490 g/mol. The number of nitrogens with zero attached hydrogens (tertiary/aromatic N) is 4. The summed E-state index contributed by atoms with van der Waals surface area (Å²) in [7, 11) is 0. The predicted octanol–water partition coefficient (Wildman–Crippen LogP) is 4.05. The lowest BCUT2D eigenvalue weighted by Gasteiger charge is -2.39. The first-order valence-electron chi connectivity index (χ1n) is 12.1. The van der Waals surface area contributed by atoms with Gasteiger partial charge in [-0.25, -0.2) is 9.37 Å². The van der Waals surface area contributed by atoms with Gasteiger partial charge in [-0.15, -0.1) is 0 Å². The number of morpholine rings is 1. The van der Waals surface area contributed by atoms with E-state index in [0.717, 1.165) is 22.4 Å². The fourth-order valence-corrected chi connectivity index (χ4v) is 4.92. The second-order valence-electron chi connectivity index (χ2n) is 9.14. The molecule has 1 fully saturated rings. The Morgan fingerprint density at radius 1 is 1.03 bits per heavy atom. The van der Waals surface area contributed by atoms with E-state index >= 15 is 0 Å². The lowest BCUT2D eigenvalue weighted by Crippen LogP contribution is -2.43. The molecule has 1 aromatic carbocycles. The first-order valence-corrected chi connectivity index (χ1v) is 12.1. The van der Waals surface area contributed by atoms with Crippen LogP contribution in [0.15, 0.2) is 54.9 Å². The monoisotopic (exact) mass is 489 g/mol. The maximum atomic E-state index is 13.4. The van der Waals surface area contributed by atoms with Crippen LogP contribution in [0.3, 0.4) is 0 Å². The van der Waals surface area contributed by atoms with Crippen LogP contribution in [0.2, 0.25) is 0 Å². The van der Waals surface area contributed by atoms with Gasteiger partial charge < -0.3 is 19.9 Å². The molecule has 8 nitrogen and oxygen atoms in total. The molecule has 1 saturated heterocycles. The van der Waals surface area contributed by atoms with E-state index in [1.807, 2.05) is 31.2 Å². The van der Waals surface area contributed by atoms with Gasteiger partial charge >= 0.3 is 0 Å². The maximum absolute atomic E-state index is 13.4. The highest BCUT2D eigenvalue weighted by Gasteiger charge is 2.33. The van der Waals surface area contributed by atoms with Gasteiger partial charge in [0.25, 0.3) is 5.91 Å². The standard InChI is InChI=1S/C27H28FN5O3/c1-17-13-24(31-26-8-5-21(28)16-30-26)22-14-19(4-7-25(22)33(17)18(2)34)20-3-6-23(29-15-20)27(35)32-9-11-36-12-10-32/h3-8,14-17,24H,9-13H2,1-2H3,(H,30,31). The van der Waals surface area contributed by atoms with Gasteiger partial charge in [-0.3, -0.25) is 14.6 Å². The molecule has 0 spiro atoms. The summed E-state index contributed by atoms with van der Waals surface area (Å²) in [5.41, 5.74) is 3.96. The number of hydrogen-bond acceptors (Lipinski definition) is 6. The van der Waals surface area contributed by atoms with E-state index < -0.39 is 5.82 Å². The molecule has 2 amide bonds. The molecule has 0 bridgehead atoms. The van der Waals surface area contributed by atoms with Gasteiger partial charge in [-0.2, -0.15) is 0 Å². The molecular formula is C27H28FN5O3. The largest absolute Gasteiger partial charge is 0.378 e. The minimum absolute atomic E-state index is 0.0223. The van der Waals surface area contributed by atoms with E-state index in [1.165, 1.54) is 12.3 Å². The fourth-order valence-electron chi connectivity index (χ4n) is 4.92. The molecule has 9 heteroatoms. The molecule has 36 heavy (non-hydrogen) atoms. The fraction of sp³-hybridized carbons (Fsp3) is 0.333. The van der Waals surface area contributed by atoms with Crippen LogP contribution >= 0.6 is 0 Å². The Hall–Kier alpha value is -3.85. The number of fused-ring (bicyclic) bond motifs is 1. The third kappa shape index (κ3) is 4.79. The number of anilines is 2. The quantitative estimate of drug-likeness (QED) is 0.595.